The van der Waals surface area contributed by atoms with Crippen LogP contribution < -0.4 is 0 Å². The summed E-state index contributed by atoms with van der Waals surface area (Å²) in [7, 11) is 0. The van der Waals surface area contributed by atoms with E-state index >= 15 is 0 Å². The van der Waals surface area contributed by atoms with Crippen molar-refractivity contribution in [2.45, 2.75) is 52.1 Å². The number of benzene rings is 1. The molecule has 0 fully saturated rings. The second kappa shape index (κ2) is 8.86. The van der Waals surface area contributed by atoms with Gasteiger partial charge in [0.05, 0.1) is 6.04 Å². The van der Waals surface area contributed by atoms with Gasteiger partial charge in [-0.25, -0.2) is 4.39 Å². The molecule has 2 aromatic rings. The maximum absolute atomic E-state index is 13.4. The zero-order valence-electron chi connectivity index (χ0n) is 16.7. The minimum Gasteiger partial charge on any atom is -0.331 e. The number of fused-ring (bicyclic) bond motifs is 1. The highest BCUT2D eigenvalue weighted by Gasteiger charge is 2.34. The van der Waals surface area contributed by atoms with Crippen molar-refractivity contribution in [1.29, 1.82) is 0 Å². The van der Waals surface area contributed by atoms with Gasteiger partial charge in [-0.15, -0.1) is 11.3 Å². The highest BCUT2D eigenvalue weighted by molar-refractivity contribution is 7.10. The van der Waals surface area contributed by atoms with Crippen molar-refractivity contribution in [3.05, 3.63) is 57.5 Å². The molecule has 1 unspecified atom stereocenters. The minimum atomic E-state index is -0.292. The third-order valence-corrected chi connectivity index (χ3v) is 6.18. The molecule has 2 amide bonds. The van der Waals surface area contributed by atoms with Crippen LogP contribution in [-0.2, 0) is 16.0 Å². The number of carbonyl (C=O) groups is 2. The first-order chi connectivity index (χ1) is 13.4. The summed E-state index contributed by atoms with van der Waals surface area (Å²) in [5.41, 5.74) is 2.00. The van der Waals surface area contributed by atoms with E-state index in [1.807, 2.05) is 31.1 Å². The van der Waals surface area contributed by atoms with E-state index in [4.69, 9.17) is 0 Å². The molecule has 2 heterocycles. The van der Waals surface area contributed by atoms with Gasteiger partial charge >= 0.3 is 0 Å². The molecule has 1 aromatic carbocycles. The topological polar surface area (TPSA) is 40.6 Å². The molecule has 6 heteroatoms. The summed E-state index contributed by atoms with van der Waals surface area (Å²) in [6, 6.07) is 8.14. The van der Waals surface area contributed by atoms with Crippen molar-refractivity contribution < 1.29 is 14.0 Å². The predicted molar refractivity (Wildman–Crippen MR) is 110 cm³/mol. The van der Waals surface area contributed by atoms with Crippen molar-refractivity contribution in [1.82, 2.24) is 9.80 Å². The first-order valence-electron chi connectivity index (χ1n) is 9.83. The Hall–Kier alpha value is -2.21. The van der Waals surface area contributed by atoms with Gasteiger partial charge in [0.25, 0.3) is 0 Å². The van der Waals surface area contributed by atoms with Gasteiger partial charge in [0, 0.05) is 23.9 Å². The molecule has 0 bridgehead atoms. The average Bonchev–Trinajstić information content (AvgIpc) is 3.14. The Morgan fingerprint density at radius 2 is 1.96 bits per heavy atom. The van der Waals surface area contributed by atoms with Gasteiger partial charge in [0.2, 0.25) is 11.8 Å². The van der Waals surface area contributed by atoms with Crippen LogP contribution in [0.15, 0.2) is 35.7 Å². The summed E-state index contributed by atoms with van der Waals surface area (Å²) in [6.07, 6.45) is 2.01. The van der Waals surface area contributed by atoms with Crippen LogP contribution in [0.2, 0.25) is 0 Å². The Balaban J connectivity index is 1.89. The van der Waals surface area contributed by atoms with Crippen molar-refractivity contribution >= 4 is 23.2 Å². The Morgan fingerprint density at radius 1 is 1.25 bits per heavy atom. The van der Waals surface area contributed by atoms with Crippen LogP contribution in [0.4, 0.5) is 4.39 Å². The van der Waals surface area contributed by atoms with E-state index in [0.29, 0.717) is 13.0 Å². The molecular weight excluding hydrogens is 375 g/mol. The number of hydrogen-bond donors (Lipinski definition) is 0. The number of carbonyl (C=O) groups excluding carboxylic acids is 2. The Kier molecular flexibility index (Phi) is 6.50. The van der Waals surface area contributed by atoms with E-state index in [1.54, 1.807) is 28.4 Å². The van der Waals surface area contributed by atoms with Crippen LogP contribution >= 0.6 is 11.3 Å². The van der Waals surface area contributed by atoms with Crippen molar-refractivity contribution in [2.75, 3.05) is 13.1 Å². The highest BCUT2D eigenvalue weighted by Crippen LogP contribution is 2.38. The third-order valence-electron chi connectivity index (χ3n) is 5.19. The molecule has 0 spiro atoms. The SMILES string of the molecule is CCCC(=O)N(CC(=O)N1CCc2sccc2C1c1ccc(F)cc1)C(C)C. The fraction of sp³-hybridized carbons (Fsp3) is 0.455. The van der Waals surface area contributed by atoms with Crippen molar-refractivity contribution in [3.63, 3.8) is 0 Å². The molecule has 0 saturated heterocycles. The van der Waals surface area contributed by atoms with Gasteiger partial charge in [0.1, 0.15) is 12.4 Å². The van der Waals surface area contributed by atoms with Crippen LogP contribution in [0.25, 0.3) is 0 Å². The van der Waals surface area contributed by atoms with Gasteiger partial charge in [0.15, 0.2) is 0 Å². The molecule has 28 heavy (non-hydrogen) atoms. The lowest BCUT2D eigenvalue weighted by atomic mass is 9.93. The standard InChI is InChI=1S/C22H27FN2O2S/c1-4-5-20(26)25(15(2)3)14-21(27)24-12-10-19-18(11-13-28-19)22(24)16-6-8-17(23)9-7-16/h6-9,11,13,15,22H,4-5,10,12,14H2,1-3H3. The zero-order chi connectivity index (χ0) is 20.3. The Labute approximate surface area is 170 Å². The van der Waals surface area contributed by atoms with Gasteiger partial charge in [-0.05, 0) is 61.4 Å². The van der Waals surface area contributed by atoms with E-state index in [1.165, 1.54) is 17.0 Å². The van der Waals surface area contributed by atoms with E-state index in [-0.39, 0.29) is 36.3 Å². The third kappa shape index (κ3) is 4.27. The summed E-state index contributed by atoms with van der Waals surface area (Å²) in [6.45, 7) is 6.51. The first-order valence-corrected chi connectivity index (χ1v) is 10.7. The van der Waals surface area contributed by atoms with Gasteiger partial charge in [-0.2, -0.15) is 0 Å². The Morgan fingerprint density at radius 3 is 2.61 bits per heavy atom. The summed E-state index contributed by atoms with van der Waals surface area (Å²) >= 11 is 1.69. The minimum absolute atomic E-state index is 0.0115. The van der Waals surface area contributed by atoms with Crippen LogP contribution in [0, 0.1) is 5.82 Å². The van der Waals surface area contributed by atoms with Crippen LogP contribution in [0.3, 0.4) is 0 Å². The second-order valence-electron chi connectivity index (χ2n) is 7.46. The Bertz CT molecular complexity index is 831. The van der Waals surface area contributed by atoms with Gasteiger partial charge in [-0.1, -0.05) is 19.1 Å². The molecule has 1 aromatic heterocycles. The molecular formula is C22H27FN2O2S. The molecule has 1 atom stereocenters. The molecule has 1 aliphatic rings. The molecule has 0 aliphatic carbocycles. The smallest absolute Gasteiger partial charge is 0.243 e. The molecule has 1 aliphatic heterocycles. The molecule has 3 rings (SSSR count). The van der Waals surface area contributed by atoms with Crippen molar-refractivity contribution in [2.24, 2.45) is 0 Å². The first kappa shape index (κ1) is 20.5. The lowest BCUT2D eigenvalue weighted by Crippen LogP contribution is -2.48. The molecule has 150 valence electrons. The van der Waals surface area contributed by atoms with Gasteiger partial charge < -0.3 is 9.80 Å². The lowest BCUT2D eigenvalue weighted by Gasteiger charge is -2.38. The molecule has 0 N–H and O–H groups in total. The second-order valence-corrected chi connectivity index (χ2v) is 8.46. The monoisotopic (exact) mass is 402 g/mol. The molecule has 4 nitrogen and oxygen atoms in total. The summed E-state index contributed by atoms with van der Waals surface area (Å²) < 4.78 is 13.4. The number of thiophene rings is 1. The highest BCUT2D eigenvalue weighted by atomic mass is 32.1. The van der Waals surface area contributed by atoms with E-state index in [9.17, 15) is 14.0 Å². The predicted octanol–water partition coefficient (Wildman–Crippen LogP) is 4.40. The van der Waals surface area contributed by atoms with Gasteiger partial charge in [-0.3, -0.25) is 9.59 Å². The van der Waals surface area contributed by atoms with E-state index in [2.05, 4.69) is 6.07 Å². The number of rotatable bonds is 6. The van der Waals surface area contributed by atoms with Crippen molar-refractivity contribution in [3.8, 4) is 0 Å². The number of nitrogens with zero attached hydrogens (tertiary/aromatic N) is 2. The van der Waals surface area contributed by atoms with Crippen LogP contribution in [-0.4, -0.2) is 40.7 Å². The zero-order valence-corrected chi connectivity index (χ0v) is 17.5. The largest absolute Gasteiger partial charge is 0.331 e. The lowest BCUT2D eigenvalue weighted by molar-refractivity contribution is -0.143. The summed E-state index contributed by atoms with van der Waals surface area (Å²) in [5.74, 6) is -0.346. The van der Waals surface area contributed by atoms with E-state index < -0.39 is 0 Å². The number of hydrogen-bond acceptors (Lipinski definition) is 3. The number of amides is 2. The summed E-state index contributed by atoms with van der Waals surface area (Å²) in [5, 5.41) is 2.04. The summed E-state index contributed by atoms with van der Waals surface area (Å²) in [4.78, 5) is 30.5. The van der Waals surface area contributed by atoms with E-state index in [0.717, 1.165) is 24.0 Å². The number of halogens is 1. The average molecular weight is 403 g/mol. The van der Waals surface area contributed by atoms with Crippen LogP contribution in [0.5, 0.6) is 0 Å². The maximum Gasteiger partial charge on any atom is 0.243 e. The molecule has 0 saturated carbocycles. The quantitative estimate of drug-likeness (QED) is 0.719. The molecule has 0 radical (unpaired) electrons. The fourth-order valence-corrected chi connectivity index (χ4v) is 4.65. The fourth-order valence-electron chi connectivity index (χ4n) is 3.74. The normalized spacial score (nSPS) is 16.2. The maximum atomic E-state index is 13.4. The van der Waals surface area contributed by atoms with Crippen LogP contribution in [0.1, 0.15) is 55.7 Å².